The van der Waals surface area contributed by atoms with Crippen molar-refractivity contribution >= 4 is 43.5 Å². The van der Waals surface area contributed by atoms with Crippen LogP contribution in [0.1, 0.15) is 30.9 Å². The first kappa shape index (κ1) is 33.7. The van der Waals surface area contributed by atoms with Gasteiger partial charge in [-0.2, -0.15) is 0 Å². The van der Waals surface area contributed by atoms with Crippen LogP contribution in [0.3, 0.4) is 0 Å². The Balaban J connectivity index is 1.79. The third kappa shape index (κ3) is 9.18. The number of carbonyl (C=O) groups excluding carboxylic acids is 2. The van der Waals surface area contributed by atoms with Gasteiger partial charge < -0.3 is 15.0 Å². The maximum atomic E-state index is 14.5. The lowest BCUT2D eigenvalue weighted by Gasteiger charge is -2.34. The number of amides is 2. The predicted octanol–water partition coefficient (Wildman–Crippen LogP) is 6.21. The molecule has 4 aromatic rings. The molecule has 45 heavy (non-hydrogen) atoms. The summed E-state index contributed by atoms with van der Waals surface area (Å²) in [6.45, 7) is 2.06. The van der Waals surface area contributed by atoms with Gasteiger partial charge in [0.1, 0.15) is 18.3 Å². The molecule has 236 valence electrons. The Morgan fingerprint density at radius 1 is 0.867 bits per heavy atom. The molecule has 2 amide bonds. The lowest BCUT2D eigenvalue weighted by atomic mass is 10.0. The van der Waals surface area contributed by atoms with Gasteiger partial charge in [-0.05, 0) is 53.9 Å². The molecular weight excluding hydrogens is 654 g/mol. The van der Waals surface area contributed by atoms with E-state index in [0.29, 0.717) is 12.3 Å². The summed E-state index contributed by atoms with van der Waals surface area (Å²) in [5, 5.41) is 3.00. The van der Waals surface area contributed by atoms with Crippen molar-refractivity contribution in [3.8, 4) is 5.75 Å². The number of sulfonamides is 1. The quantitative estimate of drug-likeness (QED) is 0.150. The van der Waals surface area contributed by atoms with E-state index in [-0.39, 0.29) is 29.5 Å². The average Bonchev–Trinajstić information content (AvgIpc) is 3.06. The van der Waals surface area contributed by atoms with Crippen molar-refractivity contribution in [2.75, 3.05) is 24.5 Å². The standard InChI is InChI=1S/C35H38BrN3O5S/c1-3-4-21-37-35(41)33(23-27-13-7-5-8-14-27)38(25-28-15-11-16-29(36)22-28)34(40)26-39(30-17-12-18-31(24-30)44-2)45(42,43)32-19-9-6-10-20-32/h5-20,22,24,33H,3-4,21,23,25-26H2,1-2H3,(H,37,41)/t33-/m0/s1. The van der Waals surface area contributed by atoms with Gasteiger partial charge in [-0.15, -0.1) is 0 Å². The van der Waals surface area contributed by atoms with E-state index in [2.05, 4.69) is 21.2 Å². The molecular formula is C35H38BrN3O5S. The van der Waals surface area contributed by atoms with E-state index < -0.39 is 28.5 Å². The molecule has 1 atom stereocenters. The SMILES string of the molecule is CCCCNC(=O)[C@H](Cc1ccccc1)N(Cc1cccc(Br)c1)C(=O)CN(c1cccc(OC)c1)S(=O)(=O)c1ccccc1. The van der Waals surface area contributed by atoms with Gasteiger partial charge in [-0.25, -0.2) is 8.42 Å². The highest BCUT2D eigenvalue weighted by molar-refractivity contribution is 9.10. The van der Waals surface area contributed by atoms with Crippen LogP contribution in [-0.2, 0) is 32.6 Å². The zero-order chi connectivity index (χ0) is 32.2. The Morgan fingerprint density at radius 3 is 2.20 bits per heavy atom. The second kappa shape index (κ2) is 16.2. The fourth-order valence-electron chi connectivity index (χ4n) is 4.91. The molecule has 1 N–H and O–H groups in total. The molecule has 0 saturated heterocycles. The normalized spacial score (nSPS) is 11.8. The Bertz CT molecular complexity index is 1670. The van der Waals surface area contributed by atoms with Gasteiger partial charge in [-0.3, -0.25) is 13.9 Å². The maximum absolute atomic E-state index is 14.5. The van der Waals surface area contributed by atoms with Crippen molar-refractivity contribution < 1.29 is 22.7 Å². The van der Waals surface area contributed by atoms with E-state index in [1.54, 1.807) is 42.5 Å². The van der Waals surface area contributed by atoms with E-state index in [0.717, 1.165) is 32.7 Å². The lowest BCUT2D eigenvalue weighted by Crippen LogP contribution is -2.53. The van der Waals surface area contributed by atoms with E-state index in [1.165, 1.54) is 24.1 Å². The molecule has 0 radical (unpaired) electrons. The van der Waals surface area contributed by atoms with E-state index in [4.69, 9.17) is 4.74 Å². The Morgan fingerprint density at radius 2 is 1.53 bits per heavy atom. The summed E-state index contributed by atoms with van der Waals surface area (Å²) >= 11 is 3.51. The van der Waals surface area contributed by atoms with Crippen molar-refractivity contribution in [2.45, 2.75) is 43.7 Å². The van der Waals surface area contributed by atoms with Crippen molar-refractivity contribution in [2.24, 2.45) is 0 Å². The van der Waals surface area contributed by atoms with E-state index in [1.807, 2.05) is 61.5 Å². The fraction of sp³-hybridized carbons (Fsp3) is 0.257. The van der Waals surface area contributed by atoms with Crippen molar-refractivity contribution in [1.82, 2.24) is 10.2 Å². The van der Waals surface area contributed by atoms with Crippen LogP contribution in [0.4, 0.5) is 5.69 Å². The first-order chi connectivity index (χ1) is 21.7. The second-order valence-corrected chi connectivity index (χ2v) is 13.3. The van der Waals surface area contributed by atoms with Gasteiger partial charge >= 0.3 is 0 Å². The summed E-state index contributed by atoms with van der Waals surface area (Å²) in [5.41, 5.74) is 1.93. The van der Waals surface area contributed by atoms with E-state index >= 15 is 0 Å². The summed E-state index contributed by atoms with van der Waals surface area (Å²) in [7, 11) is -2.70. The predicted molar refractivity (Wildman–Crippen MR) is 181 cm³/mol. The molecule has 0 aliphatic heterocycles. The second-order valence-electron chi connectivity index (χ2n) is 10.5. The van der Waals surface area contributed by atoms with Crippen LogP contribution in [0.5, 0.6) is 5.75 Å². The average molecular weight is 693 g/mol. The number of hydrogen-bond donors (Lipinski definition) is 1. The molecule has 0 unspecified atom stereocenters. The van der Waals surface area contributed by atoms with Crippen LogP contribution in [0.25, 0.3) is 0 Å². The molecule has 0 fully saturated rings. The van der Waals surface area contributed by atoms with Crippen LogP contribution < -0.4 is 14.4 Å². The molecule has 0 bridgehead atoms. The largest absolute Gasteiger partial charge is 0.497 e. The molecule has 0 aromatic heterocycles. The first-order valence-electron chi connectivity index (χ1n) is 14.8. The minimum Gasteiger partial charge on any atom is -0.497 e. The molecule has 0 aliphatic carbocycles. The third-order valence-electron chi connectivity index (χ3n) is 7.29. The number of hydrogen-bond acceptors (Lipinski definition) is 5. The number of methoxy groups -OCH3 is 1. The number of ether oxygens (including phenoxy) is 1. The van der Waals surface area contributed by atoms with Crippen LogP contribution in [0.2, 0.25) is 0 Å². The Kier molecular flexibility index (Phi) is 12.2. The maximum Gasteiger partial charge on any atom is 0.264 e. The number of anilines is 1. The van der Waals surface area contributed by atoms with Gasteiger partial charge in [-0.1, -0.05) is 96.0 Å². The zero-order valence-corrected chi connectivity index (χ0v) is 27.8. The number of nitrogens with one attached hydrogen (secondary N) is 1. The lowest BCUT2D eigenvalue weighted by molar-refractivity contribution is -0.140. The highest BCUT2D eigenvalue weighted by Crippen LogP contribution is 2.28. The highest BCUT2D eigenvalue weighted by Gasteiger charge is 2.34. The Labute approximate surface area is 274 Å². The van der Waals surface area contributed by atoms with Crippen molar-refractivity contribution in [3.63, 3.8) is 0 Å². The number of nitrogens with zero attached hydrogens (tertiary/aromatic N) is 2. The monoisotopic (exact) mass is 691 g/mol. The van der Waals surface area contributed by atoms with Crippen LogP contribution in [0.15, 0.2) is 119 Å². The molecule has 0 aliphatic rings. The van der Waals surface area contributed by atoms with Gasteiger partial charge in [0.2, 0.25) is 11.8 Å². The van der Waals surface area contributed by atoms with Crippen molar-refractivity contribution in [1.29, 1.82) is 0 Å². The summed E-state index contributed by atoms with van der Waals surface area (Å²) in [4.78, 5) is 29.9. The molecule has 8 nitrogen and oxygen atoms in total. The molecule has 4 aromatic carbocycles. The molecule has 10 heteroatoms. The molecule has 4 rings (SSSR count). The first-order valence-corrected chi connectivity index (χ1v) is 17.0. The molecule has 0 spiro atoms. The van der Waals surface area contributed by atoms with Crippen LogP contribution >= 0.6 is 15.9 Å². The number of unbranched alkanes of at least 4 members (excludes halogenated alkanes) is 1. The molecule has 0 heterocycles. The minimum absolute atomic E-state index is 0.0392. The Hall–Kier alpha value is -4.15. The van der Waals surface area contributed by atoms with Crippen molar-refractivity contribution in [3.05, 3.63) is 125 Å². The van der Waals surface area contributed by atoms with Crippen LogP contribution in [0, 0.1) is 0 Å². The van der Waals surface area contributed by atoms with Gasteiger partial charge in [0.05, 0.1) is 17.7 Å². The van der Waals surface area contributed by atoms with Crippen LogP contribution in [-0.4, -0.2) is 51.4 Å². The summed E-state index contributed by atoms with van der Waals surface area (Å²) in [6.07, 6.45) is 1.95. The summed E-state index contributed by atoms with van der Waals surface area (Å²) in [5.74, 6) is -0.380. The van der Waals surface area contributed by atoms with Gasteiger partial charge in [0.25, 0.3) is 10.0 Å². The van der Waals surface area contributed by atoms with Gasteiger partial charge in [0.15, 0.2) is 0 Å². The van der Waals surface area contributed by atoms with E-state index in [9.17, 15) is 18.0 Å². The zero-order valence-electron chi connectivity index (χ0n) is 25.4. The number of benzene rings is 4. The number of carbonyl (C=O) groups is 2. The summed E-state index contributed by atoms with van der Waals surface area (Å²) in [6, 6.07) is 30.6. The van der Waals surface area contributed by atoms with Gasteiger partial charge in [0, 0.05) is 30.0 Å². The minimum atomic E-state index is -4.19. The third-order valence-corrected chi connectivity index (χ3v) is 9.58. The molecule has 0 saturated carbocycles. The topological polar surface area (TPSA) is 96.0 Å². The highest BCUT2D eigenvalue weighted by atomic mass is 79.9. The number of rotatable bonds is 15. The summed E-state index contributed by atoms with van der Waals surface area (Å²) < 4.78 is 35.5. The number of halogens is 1. The fourth-order valence-corrected chi connectivity index (χ4v) is 6.78. The smallest absolute Gasteiger partial charge is 0.264 e.